The number of nitrogens with zero attached hydrogens (tertiary/aromatic N) is 1. The summed E-state index contributed by atoms with van der Waals surface area (Å²) in [5, 5.41) is 15.1. The number of fused-ring (bicyclic) bond motifs is 3. The van der Waals surface area contributed by atoms with Gasteiger partial charge >= 0.3 is 0 Å². The van der Waals surface area contributed by atoms with Gasteiger partial charge in [-0.3, -0.25) is 0 Å². The fraction of sp³-hybridized carbons (Fsp3) is 0. The number of nitrogens with one attached hydrogen (secondary N) is 1. The molecule has 0 radical (unpaired) electrons. The van der Waals surface area contributed by atoms with E-state index in [1.165, 1.54) is 20.2 Å². The van der Waals surface area contributed by atoms with Crippen LogP contribution in [0.25, 0.3) is 31.3 Å². The van der Waals surface area contributed by atoms with Crippen molar-refractivity contribution in [3.63, 3.8) is 0 Å². The number of hydrogen-bond donors (Lipinski definition) is 1. The first-order valence-corrected chi connectivity index (χ1v) is 9.91. The molecule has 0 saturated carbocycles. The van der Waals surface area contributed by atoms with Gasteiger partial charge in [0.25, 0.3) is 0 Å². The van der Waals surface area contributed by atoms with Crippen molar-refractivity contribution < 1.29 is 0 Å². The zero-order valence-electron chi connectivity index (χ0n) is 15.0. The zero-order chi connectivity index (χ0) is 18.9. The van der Waals surface area contributed by atoms with E-state index in [1.807, 2.05) is 41.7 Å². The molecular weight excluding hydrogens is 360 g/mol. The van der Waals surface area contributed by atoms with E-state index in [1.54, 1.807) is 0 Å². The predicted molar refractivity (Wildman–Crippen MR) is 119 cm³/mol. The molecule has 0 bridgehead atoms. The molecule has 0 aliphatic carbocycles. The highest BCUT2D eigenvalue weighted by molar-refractivity contribution is 7.25. The van der Waals surface area contributed by atoms with Gasteiger partial charge in [-0.05, 0) is 59.7 Å². The first-order valence-electron chi connectivity index (χ1n) is 9.09. The van der Waals surface area contributed by atoms with E-state index in [0.717, 1.165) is 22.5 Å². The van der Waals surface area contributed by atoms with E-state index in [4.69, 9.17) is 5.26 Å². The lowest BCUT2D eigenvalue weighted by atomic mass is 10.0. The largest absolute Gasteiger partial charge is 0.355 e. The standard InChI is InChI=1S/C25H16N2S/c26-16-17-8-10-18(11-9-17)19-4-3-5-20(14-19)27-21-12-13-25-23(15-21)22-6-1-2-7-24(22)28-25/h1-15,27H. The lowest BCUT2D eigenvalue weighted by Crippen LogP contribution is -1.90. The normalized spacial score (nSPS) is 10.8. The number of nitriles is 1. The van der Waals surface area contributed by atoms with Gasteiger partial charge in [0.1, 0.15) is 0 Å². The number of hydrogen-bond acceptors (Lipinski definition) is 3. The van der Waals surface area contributed by atoms with Crippen molar-refractivity contribution in [2.24, 2.45) is 0 Å². The smallest absolute Gasteiger partial charge is 0.0991 e. The van der Waals surface area contributed by atoms with E-state index in [9.17, 15) is 0 Å². The monoisotopic (exact) mass is 376 g/mol. The van der Waals surface area contributed by atoms with Gasteiger partial charge in [-0.2, -0.15) is 5.26 Å². The van der Waals surface area contributed by atoms with Crippen molar-refractivity contribution in [1.29, 1.82) is 5.26 Å². The van der Waals surface area contributed by atoms with Gasteiger partial charge in [0.2, 0.25) is 0 Å². The molecule has 2 nitrogen and oxygen atoms in total. The summed E-state index contributed by atoms with van der Waals surface area (Å²) in [6.07, 6.45) is 0. The van der Waals surface area contributed by atoms with Crippen molar-refractivity contribution in [1.82, 2.24) is 0 Å². The quantitative estimate of drug-likeness (QED) is 0.357. The third-order valence-corrected chi connectivity index (χ3v) is 6.03. The van der Waals surface area contributed by atoms with Crippen LogP contribution in [0.4, 0.5) is 11.4 Å². The molecule has 0 fully saturated rings. The van der Waals surface area contributed by atoms with E-state index in [0.29, 0.717) is 5.56 Å². The van der Waals surface area contributed by atoms with Crippen molar-refractivity contribution >= 4 is 42.9 Å². The third kappa shape index (κ3) is 3.00. The van der Waals surface area contributed by atoms with Gasteiger partial charge in [-0.1, -0.05) is 42.5 Å². The summed E-state index contributed by atoms with van der Waals surface area (Å²) in [5.74, 6) is 0. The predicted octanol–water partition coefficient (Wildman–Crippen LogP) is 7.34. The van der Waals surface area contributed by atoms with Gasteiger partial charge < -0.3 is 5.32 Å². The summed E-state index contributed by atoms with van der Waals surface area (Å²) < 4.78 is 2.62. The molecule has 0 saturated heterocycles. The molecule has 0 atom stereocenters. The second-order valence-electron chi connectivity index (χ2n) is 6.70. The molecule has 0 amide bonds. The highest BCUT2D eigenvalue weighted by atomic mass is 32.1. The zero-order valence-corrected chi connectivity index (χ0v) is 15.8. The van der Waals surface area contributed by atoms with Gasteiger partial charge in [0.15, 0.2) is 0 Å². The molecule has 0 spiro atoms. The Bertz CT molecular complexity index is 1340. The Hall–Kier alpha value is -3.61. The number of rotatable bonds is 3. The lowest BCUT2D eigenvalue weighted by molar-refractivity contribution is 1.48. The summed E-state index contributed by atoms with van der Waals surface area (Å²) in [7, 11) is 0. The molecule has 0 unspecified atom stereocenters. The van der Waals surface area contributed by atoms with Crippen LogP contribution in [0.5, 0.6) is 0 Å². The van der Waals surface area contributed by atoms with Crippen molar-refractivity contribution in [2.75, 3.05) is 5.32 Å². The van der Waals surface area contributed by atoms with Gasteiger partial charge in [0.05, 0.1) is 11.6 Å². The Balaban J connectivity index is 1.49. The molecule has 5 rings (SSSR count). The number of thiophene rings is 1. The highest BCUT2D eigenvalue weighted by Crippen LogP contribution is 2.36. The SMILES string of the molecule is N#Cc1ccc(-c2cccc(Nc3ccc4sc5ccccc5c4c3)c2)cc1. The van der Waals surface area contributed by atoms with E-state index in [-0.39, 0.29) is 0 Å². The molecule has 28 heavy (non-hydrogen) atoms. The fourth-order valence-electron chi connectivity index (χ4n) is 3.48. The third-order valence-electron chi connectivity index (χ3n) is 4.88. The van der Waals surface area contributed by atoms with Gasteiger partial charge in [0, 0.05) is 31.5 Å². The summed E-state index contributed by atoms with van der Waals surface area (Å²) in [4.78, 5) is 0. The van der Waals surface area contributed by atoms with Crippen LogP contribution < -0.4 is 5.32 Å². The molecule has 132 valence electrons. The minimum atomic E-state index is 0.675. The van der Waals surface area contributed by atoms with Crippen molar-refractivity contribution in [3.05, 3.63) is 96.6 Å². The summed E-state index contributed by atoms with van der Waals surface area (Å²) >= 11 is 1.83. The van der Waals surface area contributed by atoms with Crippen molar-refractivity contribution in [2.45, 2.75) is 0 Å². The van der Waals surface area contributed by atoms with E-state index < -0.39 is 0 Å². The van der Waals surface area contributed by atoms with Crippen LogP contribution in [0.15, 0.2) is 91.0 Å². The second-order valence-corrected chi connectivity index (χ2v) is 7.79. The summed E-state index contributed by atoms with van der Waals surface area (Å²) in [5.41, 5.74) is 5.02. The van der Waals surface area contributed by atoms with Crippen molar-refractivity contribution in [3.8, 4) is 17.2 Å². The first kappa shape index (κ1) is 16.6. The Kier molecular flexibility index (Phi) is 4.05. The average molecular weight is 376 g/mol. The number of benzene rings is 4. The molecule has 1 heterocycles. The maximum Gasteiger partial charge on any atom is 0.0991 e. The van der Waals surface area contributed by atoms with Crippen LogP contribution in [0.2, 0.25) is 0 Å². The maximum atomic E-state index is 8.97. The molecule has 3 heteroatoms. The molecule has 1 aromatic heterocycles. The van der Waals surface area contributed by atoms with Crippen LogP contribution in [-0.4, -0.2) is 0 Å². The van der Waals surface area contributed by atoms with E-state index in [2.05, 4.69) is 72.0 Å². The molecular formula is C25H16N2S. The Morgan fingerprint density at radius 3 is 2.29 bits per heavy atom. The lowest BCUT2D eigenvalue weighted by Gasteiger charge is -2.09. The topological polar surface area (TPSA) is 35.8 Å². The number of anilines is 2. The maximum absolute atomic E-state index is 8.97. The first-order chi connectivity index (χ1) is 13.8. The summed E-state index contributed by atoms with van der Waals surface area (Å²) in [6, 6.07) is 33.3. The minimum Gasteiger partial charge on any atom is -0.355 e. The minimum absolute atomic E-state index is 0.675. The Morgan fingerprint density at radius 1 is 0.643 bits per heavy atom. The molecule has 4 aromatic carbocycles. The highest BCUT2D eigenvalue weighted by Gasteiger charge is 2.06. The van der Waals surface area contributed by atoms with E-state index >= 15 is 0 Å². The fourth-order valence-corrected chi connectivity index (χ4v) is 4.57. The van der Waals surface area contributed by atoms with Crippen LogP contribution in [0.3, 0.4) is 0 Å². The summed E-state index contributed by atoms with van der Waals surface area (Å²) in [6.45, 7) is 0. The van der Waals surface area contributed by atoms with Crippen LogP contribution >= 0.6 is 11.3 Å². The second kappa shape index (κ2) is 6.84. The average Bonchev–Trinajstić information content (AvgIpc) is 3.12. The molecule has 1 N–H and O–H groups in total. The van der Waals surface area contributed by atoms with Gasteiger partial charge in [-0.15, -0.1) is 11.3 Å². The van der Waals surface area contributed by atoms with Crippen LogP contribution in [0, 0.1) is 11.3 Å². The Labute approximate surface area is 167 Å². The van der Waals surface area contributed by atoms with Crippen LogP contribution in [-0.2, 0) is 0 Å². The van der Waals surface area contributed by atoms with Gasteiger partial charge in [-0.25, -0.2) is 0 Å². The molecule has 0 aliphatic heterocycles. The molecule has 0 aliphatic rings. The molecule has 5 aromatic rings. The Morgan fingerprint density at radius 2 is 1.43 bits per heavy atom. The van der Waals surface area contributed by atoms with Crippen LogP contribution in [0.1, 0.15) is 5.56 Å².